The fraction of sp³-hybridized carbons (Fsp3) is 0.462. The SMILES string of the molecule is CCCNC(=O)C(CC)N(CCc1ccccc1)C(=O)CSCc1cc(C)cc(C)c1. The Balaban J connectivity index is 2.05. The molecular weight excluding hydrogens is 404 g/mol. The van der Waals surface area contributed by atoms with Crippen molar-refractivity contribution in [1.29, 1.82) is 0 Å². The van der Waals surface area contributed by atoms with Gasteiger partial charge in [0.05, 0.1) is 5.75 Å². The monoisotopic (exact) mass is 440 g/mol. The second kappa shape index (κ2) is 13.2. The first-order valence-electron chi connectivity index (χ1n) is 11.2. The molecule has 168 valence electrons. The van der Waals surface area contributed by atoms with Crippen LogP contribution in [0.15, 0.2) is 48.5 Å². The highest BCUT2D eigenvalue weighted by atomic mass is 32.2. The van der Waals surface area contributed by atoms with Gasteiger partial charge in [-0.25, -0.2) is 0 Å². The van der Waals surface area contributed by atoms with Gasteiger partial charge in [0, 0.05) is 18.8 Å². The Morgan fingerprint density at radius 2 is 1.68 bits per heavy atom. The van der Waals surface area contributed by atoms with Crippen LogP contribution in [0.1, 0.15) is 48.9 Å². The number of aryl methyl sites for hydroxylation is 2. The summed E-state index contributed by atoms with van der Waals surface area (Å²) in [6.07, 6.45) is 2.23. The third-order valence-corrected chi connectivity index (χ3v) is 6.18. The molecule has 0 aliphatic rings. The molecular formula is C26H36N2O2S. The van der Waals surface area contributed by atoms with Crippen LogP contribution in [-0.4, -0.2) is 41.6 Å². The maximum atomic E-state index is 13.2. The summed E-state index contributed by atoms with van der Waals surface area (Å²) in [6.45, 7) is 9.38. The highest BCUT2D eigenvalue weighted by molar-refractivity contribution is 7.99. The van der Waals surface area contributed by atoms with Crippen molar-refractivity contribution in [3.63, 3.8) is 0 Å². The van der Waals surface area contributed by atoms with Crippen molar-refractivity contribution in [2.75, 3.05) is 18.8 Å². The third kappa shape index (κ3) is 8.41. The number of amides is 2. The zero-order valence-corrected chi connectivity index (χ0v) is 20.1. The number of thioether (sulfide) groups is 1. The second-order valence-electron chi connectivity index (χ2n) is 8.03. The van der Waals surface area contributed by atoms with Crippen LogP contribution in [0.25, 0.3) is 0 Å². The summed E-state index contributed by atoms with van der Waals surface area (Å²) in [5.41, 5.74) is 4.89. The summed E-state index contributed by atoms with van der Waals surface area (Å²) in [5, 5.41) is 2.97. The van der Waals surface area contributed by atoms with Crippen molar-refractivity contribution < 1.29 is 9.59 Å². The summed E-state index contributed by atoms with van der Waals surface area (Å²) >= 11 is 1.62. The summed E-state index contributed by atoms with van der Waals surface area (Å²) in [7, 11) is 0. The maximum absolute atomic E-state index is 13.2. The van der Waals surface area contributed by atoms with E-state index < -0.39 is 6.04 Å². The molecule has 0 heterocycles. The molecule has 2 rings (SSSR count). The predicted molar refractivity (Wildman–Crippen MR) is 131 cm³/mol. The number of benzene rings is 2. The normalized spacial score (nSPS) is 11.7. The molecule has 31 heavy (non-hydrogen) atoms. The summed E-state index contributed by atoms with van der Waals surface area (Å²) in [5.74, 6) is 1.15. The molecule has 0 bridgehead atoms. The highest BCUT2D eigenvalue weighted by Crippen LogP contribution is 2.18. The molecule has 0 fully saturated rings. The van der Waals surface area contributed by atoms with Gasteiger partial charge in [-0.05, 0) is 44.2 Å². The smallest absolute Gasteiger partial charge is 0.242 e. The predicted octanol–water partition coefficient (Wildman–Crippen LogP) is 4.91. The van der Waals surface area contributed by atoms with Crippen molar-refractivity contribution in [2.24, 2.45) is 0 Å². The molecule has 2 aromatic rings. The lowest BCUT2D eigenvalue weighted by molar-refractivity contribution is -0.138. The van der Waals surface area contributed by atoms with Crippen LogP contribution in [0.4, 0.5) is 0 Å². The number of rotatable bonds is 12. The Labute approximate surface area is 191 Å². The average Bonchev–Trinajstić information content (AvgIpc) is 2.75. The Hall–Kier alpha value is -2.27. The molecule has 5 heteroatoms. The standard InChI is InChI=1S/C26H36N2O2S/c1-5-13-27-26(30)24(6-2)28(14-12-22-10-8-7-9-11-22)25(29)19-31-18-23-16-20(3)15-21(4)17-23/h7-11,15-17,24H,5-6,12-14,18-19H2,1-4H3,(H,27,30). The van der Waals surface area contributed by atoms with Crippen LogP contribution in [0.5, 0.6) is 0 Å². The molecule has 0 aliphatic carbocycles. The molecule has 1 N–H and O–H groups in total. The first kappa shape index (κ1) is 25.0. The number of hydrogen-bond donors (Lipinski definition) is 1. The van der Waals surface area contributed by atoms with E-state index in [1.54, 1.807) is 16.7 Å². The van der Waals surface area contributed by atoms with E-state index in [2.05, 4.69) is 49.5 Å². The van der Waals surface area contributed by atoms with Crippen LogP contribution in [0.3, 0.4) is 0 Å². The minimum absolute atomic E-state index is 0.0313. The van der Waals surface area contributed by atoms with Gasteiger partial charge in [0.25, 0.3) is 0 Å². The third-order valence-electron chi connectivity index (χ3n) is 5.20. The fourth-order valence-corrected chi connectivity index (χ4v) is 4.60. The first-order valence-corrected chi connectivity index (χ1v) is 12.4. The molecule has 0 aromatic heterocycles. The quantitative estimate of drug-likeness (QED) is 0.510. The maximum Gasteiger partial charge on any atom is 0.242 e. The number of carbonyl (C=O) groups excluding carboxylic acids is 2. The minimum Gasteiger partial charge on any atom is -0.354 e. The van der Waals surface area contributed by atoms with Gasteiger partial charge in [0.15, 0.2) is 0 Å². The van der Waals surface area contributed by atoms with Gasteiger partial charge in [-0.3, -0.25) is 9.59 Å². The number of nitrogens with zero attached hydrogens (tertiary/aromatic N) is 1. The van der Waals surface area contributed by atoms with Gasteiger partial charge in [-0.15, -0.1) is 11.8 Å². The Bertz CT molecular complexity index is 818. The van der Waals surface area contributed by atoms with Gasteiger partial charge < -0.3 is 10.2 Å². The van der Waals surface area contributed by atoms with E-state index in [1.165, 1.54) is 22.3 Å². The Morgan fingerprint density at radius 1 is 1.00 bits per heavy atom. The largest absolute Gasteiger partial charge is 0.354 e. The van der Waals surface area contributed by atoms with Gasteiger partial charge in [-0.2, -0.15) is 0 Å². The summed E-state index contributed by atoms with van der Waals surface area (Å²) in [4.78, 5) is 27.7. The fourth-order valence-electron chi connectivity index (χ4n) is 3.75. The zero-order chi connectivity index (χ0) is 22.6. The molecule has 2 amide bonds. The van der Waals surface area contributed by atoms with E-state index in [0.29, 0.717) is 25.3 Å². The number of hydrogen-bond acceptors (Lipinski definition) is 3. The topological polar surface area (TPSA) is 49.4 Å². The summed E-state index contributed by atoms with van der Waals surface area (Å²) in [6, 6.07) is 16.2. The van der Waals surface area contributed by atoms with Crippen LogP contribution >= 0.6 is 11.8 Å². The minimum atomic E-state index is -0.426. The van der Waals surface area contributed by atoms with E-state index in [1.807, 2.05) is 32.0 Å². The summed E-state index contributed by atoms with van der Waals surface area (Å²) < 4.78 is 0. The molecule has 2 aromatic carbocycles. The van der Waals surface area contributed by atoms with Crippen molar-refractivity contribution in [3.8, 4) is 0 Å². The van der Waals surface area contributed by atoms with Crippen LogP contribution < -0.4 is 5.32 Å². The Kier molecular flexibility index (Phi) is 10.6. The van der Waals surface area contributed by atoms with Gasteiger partial charge in [-0.1, -0.05) is 73.5 Å². The average molecular weight is 441 g/mol. The van der Waals surface area contributed by atoms with Crippen LogP contribution in [-0.2, 0) is 21.8 Å². The van der Waals surface area contributed by atoms with Crippen LogP contribution in [0.2, 0.25) is 0 Å². The van der Waals surface area contributed by atoms with Crippen molar-refractivity contribution in [1.82, 2.24) is 10.2 Å². The number of carbonyl (C=O) groups is 2. The lowest BCUT2D eigenvalue weighted by Crippen LogP contribution is -2.50. The zero-order valence-electron chi connectivity index (χ0n) is 19.3. The van der Waals surface area contributed by atoms with Gasteiger partial charge in [0.1, 0.15) is 6.04 Å². The highest BCUT2D eigenvalue weighted by Gasteiger charge is 2.27. The second-order valence-corrected chi connectivity index (χ2v) is 9.01. The molecule has 0 aliphatic heterocycles. The van der Waals surface area contributed by atoms with Crippen molar-refractivity contribution in [2.45, 2.75) is 58.8 Å². The molecule has 4 nitrogen and oxygen atoms in total. The molecule has 1 atom stereocenters. The molecule has 0 spiro atoms. The lowest BCUT2D eigenvalue weighted by Gasteiger charge is -2.30. The van der Waals surface area contributed by atoms with E-state index in [4.69, 9.17) is 0 Å². The number of nitrogens with one attached hydrogen (secondary N) is 1. The van der Waals surface area contributed by atoms with Crippen molar-refractivity contribution >= 4 is 23.6 Å². The van der Waals surface area contributed by atoms with E-state index in [9.17, 15) is 9.59 Å². The molecule has 0 saturated heterocycles. The van der Waals surface area contributed by atoms with E-state index in [0.717, 1.165) is 18.6 Å². The lowest BCUT2D eigenvalue weighted by atomic mass is 10.1. The van der Waals surface area contributed by atoms with Gasteiger partial charge in [0.2, 0.25) is 11.8 Å². The molecule has 0 saturated carbocycles. The van der Waals surface area contributed by atoms with E-state index in [-0.39, 0.29) is 11.8 Å². The van der Waals surface area contributed by atoms with Crippen LogP contribution in [0, 0.1) is 13.8 Å². The van der Waals surface area contributed by atoms with E-state index >= 15 is 0 Å². The van der Waals surface area contributed by atoms with Gasteiger partial charge >= 0.3 is 0 Å². The Morgan fingerprint density at radius 3 is 2.29 bits per heavy atom. The first-order chi connectivity index (χ1) is 14.9. The molecule has 1 unspecified atom stereocenters. The van der Waals surface area contributed by atoms with Crippen molar-refractivity contribution in [3.05, 3.63) is 70.8 Å². The molecule has 0 radical (unpaired) electrons.